The van der Waals surface area contributed by atoms with Crippen molar-refractivity contribution < 1.29 is 28.6 Å². The zero-order valence-electron chi connectivity index (χ0n) is 9.76. The number of hydrogen-bond acceptors (Lipinski definition) is 7. The first-order chi connectivity index (χ1) is 7.86. The standard InChI is InChI=1S/C10H13NO6/c1-6(12)15-5-10(17-8(3)14)9(4-11)16-7(2)13/h9-10H,5H2,1-3H3. The van der Waals surface area contributed by atoms with E-state index in [1.54, 1.807) is 6.07 Å². The molecule has 0 amide bonds. The van der Waals surface area contributed by atoms with Crippen molar-refractivity contribution in [2.24, 2.45) is 0 Å². The summed E-state index contributed by atoms with van der Waals surface area (Å²) in [4.78, 5) is 32.1. The average molecular weight is 243 g/mol. The van der Waals surface area contributed by atoms with Crippen molar-refractivity contribution in [2.75, 3.05) is 6.61 Å². The van der Waals surface area contributed by atoms with E-state index >= 15 is 0 Å². The van der Waals surface area contributed by atoms with Crippen molar-refractivity contribution >= 4 is 17.9 Å². The van der Waals surface area contributed by atoms with E-state index in [1.807, 2.05) is 0 Å². The Labute approximate surface area is 98.2 Å². The van der Waals surface area contributed by atoms with Crippen LogP contribution in [-0.2, 0) is 28.6 Å². The highest BCUT2D eigenvalue weighted by molar-refractivity contribution is 5.68. The monoisotopic (exact) mass is 243 g/mol. The molecule has 0 bridgehead atoms. The first-order valence-electron chi connectivity index (χ1n) is 4.74. The van der Waals surface area contributed by atoms with Crippen LogP contribution < -0.4 is 0 Å². The lowest BCUT2D eigenvalue weighted by Crippen LogP contribution is -2.37. The van der Waals surface area contributed by atoms with Gasteiger partial charge in [0, 0.05) is 20.8 Å². The van der Waals surface area contributed by atoms with Crippen LogP contribution in [0.5, 0.6) is 0 Å². The molecule has 2 unspecified atom stereocenters. The summed E-state index contributed by atoms with van der Waals surface area (Å²) in [6.45, 7) is 3.06. The fraction of sp³-hybridized carbons (Fsp3) is 0.600. The van der Waals surface area contributed by atoms with Crippen LogP contribution in [0.25, 0.3) is 0 Å². The molecule has 0 N–H and O–H groups in total. The van der Waals surface area contributed by atoms with Crippen molar-refractivity contribution in [3.05, 3.63) is 0 Å². The highest BCUT2D eigenvalue weighted by atomic mass is 16.6. The van der Waals surface area contributed by atoms with Gasteiger partial charge in [0.15, 0.2) is 6.10 Å². The molecule has 0 saturated heterocycles. The van der Waals surface area contributed by atoms with Gasteiger partial charge in [0.2, 0.25) is 6.10 Å². The lowest BCUT2D eigenvalue weighted by molar-refractivity contribution is -0.168. The van der Waals surface area contributed by atoms with Crippen molar-refractivity contribution in [1.82, 2.24) is 0 Å². The minimum Gasteiger partial charge on any atom is -0.462 e. The third-order valence-electron chi connectivity index (χ3n) is 1.53. The largest absolute Gasteiger partial charge is 0.462 e. The van der Waals surface area contributed by atoms with Crippen molar-refractivity contribution in [3.8, 4) is 6.07 Å². The Balaban J connectivity index is 4.62. The van der Waals surface area contributed by atoms with E-state index in [2.05, 4.69) is 9.47 Å². The Hall–Kier alpha value is -2.10. The molecule has 0 aromatic carbocycles. The molecule has 7 nitrogen and oxygen atoms in total. The second-order valence-corrected chi connectivity index (χ2v) is 3.11. The van der Waals surface area contributed by atoms with E-state index in [-0.39, 0.29) is 6.61 Å². The predicted octanol–water partition coefficient (Wildman–Crippen LogP) is -0.0635. The van der Waals surface area contributed by atoms with Gasteiger partial charge in [-0.2, -0.15) is 5.26 Å². The lowest BCUT2D eigenvalue weighted by Gasteiger charge is -2.20. The van der Waals surface area contributed by atoms with Gasteiger partial charge in [-0.1, -0.05) is 0 Å². The Kier molecular flexibility index (Phi) is 6.33. The molecule has 0 fully saturated rings. The summed E-state index contributed by atoms with van der Waals surface area (Å²) in [5.74, 6) is -1.97. The SMILES string of the molecule is CC(=O)OCC(OC(C)=O)C(C#N)OC(C)=O. The summed E-state index contributed by atoms with van der Waals surface area (Å²) < 4.78 is 14.0. The van der Waals surface area contributed by atoms with Gasteiger partial charge in [-0.3, -0.25) is 14.4 Å². The van der Waals surface area contributed by atoms with Crippen LogP contribution in [0.1, 0.15) is 20.8 Å². The minimum absolute atomic E-state index is 0.347. The van der Waals surface area contributed by atoms with Crippen LogP contribution in [0.4, 0.5) is 0 Å². The van der Waals surface area contributed by atoms with Gasteiger partial charge >= 0.3 is 17.9 Å². The van der Waals surface area contributed by atoms with E-state index in [0.717, 1.165) is 20.8 Å². The number of carbonyl (C=O) groups excluding carboxylic acids is 3. The number of ether oxygens (including phenoxy) is 3. The van der Waals surface area contributed by atoms with Crippen LogP contribution in [0, 0.1) is 11.3 Å². The van der Waals surface area contributed by atoms with Crippen LogP contribution >= 0.6 is 0 Å². The van der Waals surface area contributed by atoms with Gasteiger partial charge in [0.1, 0.15) is 12.7 Å². The number of nitriles is 1. The number of carbonyl (C=O) groups is 3. The molecule has 0 saturated carbocycles. The third-order valence-corrected chi connectivity index (χ3v) is 1.53. The zero-order chi connectivity index (χ0) is 13.4. The molecule has 0 aromatic heterocycles. The summed E-state index contributed by atoms with van der Waals surface area (Å²) in [5, 5.41) is 8.76. The number of esters is 3. The minimum atomic E-state index is -1.31. The summed E-state index contributed by atoms with van der Waals surface area (Å²) in [6, 6.07) is 1.65. The van der Waals surface area contributed by atoms with Crippen LogP contribution in [0.15, 0.2) is 0 Å². The molecule has 0 aliphatic rings. The summed E-state index contributed by atoms with van der Waals surface area (Å²) in [5.41, 5.74) is 0. The number of rotatable bonds is 5. The van der Waals surface area contributed by atoms with E-state index in [0.29, 0.717) is 0 Å². The smallest absolute Gasteiger partial charge is 0.304 e. The molecule has 0 spiro atoms. The summed E-state index contributed by atoms with van der Waals surface area (Å²) in [7, 11) is 0. The highest BCUT2D eigenvalue weighted by Crippen LogP contribution is 2.06. The first-order valence-corrected chi connectivity index (χ1v) is 4.74. The maximum absolute atomic E-state index is 10.8. The van der Waals surface area contributed by atoms with Crippen LogP contribution in [0.2, 0.25) is 0 Å². The molecule has 17 heavy (non-hydrogen) atoms. The molecule has 0 aliphatic carbocycles. The molecular formula is C10H13NO6. The normalized spacial score (nSPS) is 12.8. The van der Waals surface area contributed by atoms with Crippen LogP contribution in [-0.4, -0.2) is 36.7 Å². The van der Waals surface area contributed by atoms with Gasteiger partial charge in [-0.25, -0.2) is 0 Å². The molecule has 2 atom stereocenters. The maximum atomic E-state index is 10.8. The van der Waals surface area contributed by atoms with Gasteiger partial charge < -0.3 is 14.2 Å². The molecule has 0 rings (SSSR count). The molecule has 0 aliphatic heterocycles. The van der Waals surface area contributed by atoms with Crippen molar-refractivity contribution in [2.45, 2.75) is 33.0 Å². The van der Waals surface area contributed by atoms with Gasteiger partial charge in [-0.15, -0.1) is 0 Å². The molecule has 0 radical (unpaired) electrons. The van der Waals surface area contributed by atoms with Crippen molar-refractivity contribution in [1.29, 1.82) is 5.26 Å². The number of nitrogens with zero attached hydrogens (tertiary/aromatic N) is 1. The summed E-state index contributed by atoms with van der Waals surface area (Å²) in [6.07, 6.45) is -2.44. The molecule has 7 heteroatoms. The lowest BCUT2D eigenvalue weighted by atomic mass is 10.2. The Bertz CT molecular complexity index is 345. The quantitative estimate of drug-likeness (QED) is 0.492. The molecule has 94 valence electrons. The van der Waals surface area contributed by atoms with Crippen molar-refractivity contribution in [3.63, 3.8) is 0 Å². The number of hydrogen-bond donors (Lipinski definition) is 0. The van der Waals surface area contributed by atoms with E-state index in [4.69, 9.17) is 10.00 Å². The predicted molar refractivity (Wildman–Crippen MR) is 53.4 cm³/mol. The van der Waals surface area contributed by atoms with Gasteiger partial charge in [0.25, 0.3) is 0 Å². The highest BCUT2D eigenvalue weighted by Gasteiger charge is 2.28. The molecule has 0 aromatic rings. The second kappa shape index (κ2) is 7.22. The van der Waals surface area contributed by atoms with E-state index in [1.165, 1.54) is 0 Å². The van der Waals surface area contributed by atoms with Gasteiger partial charge in [-0.05, 0) is 0 Å². The second-order valence-electron chi connectivity index (χ2n) is 3.11. The average Bonchev–Trinajstić information content (AvgIpc) is 2.20. The Morgan fingerprint density at radius 2 is 1.59 bits per heavy atom. The summed E-state index contributed by atoms with van der Waals surface area (Å²) >= 11 is 0. The van der Waals surface area contributed by atoms with E-state index in [9.17, 15) is 14.4 Å². The fourth-order valence-electron chi connectivity index (χ4n) is 0.960. The third kappa shape index (κ3) is 6.89. The van der Waals surface area contributed by atoms with E-state index < -0.39 is 30.1 Å². The topological polar surface area (TPSA) is 103 Å². The Morgan fingerprint density at radius 1 is 1.06 bits per heavy atom. The Morgan fingerprint density at radius 3 is 1.94 bits per heavy atom. The maximum Gasteiger partial charge on any atom is 0.304 e. The molecule has 0 heterocycles. The first kappa shape index (κ1) is 14.9. The van der Waals surface area contributed by atoms with Crippen LogP contribution in [0.3, 0.4) is 0 Å². The fourth-order valence-corrected chi connectivity index (χ4v) is 0.960. The van der Waals surface area contributed by atoms with Gasteiger partial charge in [0.05, 0.1) is 0 Å². The molecular weight excluding hydrogens is 230 g/mol. The zero-order valence-corrected chi connectivity index (χ0v) is 9.76.